The number of hydrogen-bond donors (Lipinski definition) is 0. The van der Waals surface area contributed by atoms with Crippen LogP contribution < -0.4 is 0 Å². The molecule has 2 aromatic heterocycles. The van der Waals surface area contributed by atoms with Crippen LogP contribution >= 0.6 is 0 Å². The van der Waals surface area contributed by atoms with Crippen LogP contribution in [0.25, 0.3) is 0 Å². The molecule has 136 valence electrons. The number of nitrogens with zero attached hydrogens (tertiary/aromatic N) is 5. The first kappa shape index (κ1) is 17.6. The molecule has 1 atom stereocenters. The van der Waals surface area contributed by atoms with Crippen molar-refractivity contribution < 1.29 is 9.32 Å². The maximum absolute atomic E-state index is 12.5. The smallest absolute Gasteiger partial charge is 0.229 e. The standard InChI is InChI=1S/C18H27N5O2/c1-13(2)18-20-17(21-25-18)15-6-4-10-23(12-15)16(24)7-5-9-22-11-8-19-14(22)3/h8,11,13,15H,4-7,9-10,12H2,1-3H3/t15-/m1/s1. The Balaban J connectivity index is 1.51. The summed E-state index contributed by atoms with van der Waals surface area (Å²) < 4.78 is 7.40. The molecule has 25 heavy (non-hydrogen) atoms. The zero-order chi connectivity index (χ0) is 17.8. The molecule has 3 rings (SSSR count). The minimum absolute atomic E-state index is 0.185. The molecule has 0 aromatic carbocycles. The van der Waals surface area contributed by atoms with Crippen molar-refractivity contribution in [3.05, 3.63) is 29.9 Å². The van der Waals surface area contributed by atoms with Crippen LogP contribution in [0.15, 0.2) is 16.9 Å². The maximum atomic E-state index is 12.5. The fourth-order valence-corrected chi connectivity index (χ4v) is 3.26. The lowest BCUT2D eigenvalue weighted by Gasteiger charge is -2.31. The number of likely N-dealkylation sites (tertiary alicyclic amines) is 1. The van der Waals surface area contributed by atoms with E-state index in [-0.39, 0.29) is 17.7 Å². The molecule has 1 aliphatic heterocycles. The third-order valence-corrected chi connectivity index (χ3v) is 4.80. The fourth-order valence-electron chi connectivity index (χ4n) is 3.26. The average molecular weight is 345 g/mol. The summed E-state index contributed by atoms with van der Waals surface area (Å²) in [7, 11) is 0. The van der Waals surface area contributed by atoms with E-state index in [4.69, 9.17) is 4.52 Å². The van der Waals surface area contributed by atoms with Crippen LogP contribution in [0.4, 0.5) is 0 Å². The van der Waals surface area contributed by atoms with Gasteiger partial charge in [-0.2, -0.15) is 4.98 Å². The van der Waals surface area contributed by atoms with Crippen LogP contribution in [-0.4, -0.2) is 43.6 Å². The Kier molecular flexibility index (Phi) is 5.50. The highest BCUT2D eigenvalue weighted by Gasteiger charge is 2.28. The Morgan fingerprint density at radius 1 is 1.44 bits per heavy atom. The third-order valence-electron chi connectivity index (χ3n) is 4.80. The first-order valence-corrected chi connectivity index (χ1v) is 9.13. The van der Waals surface area contributed by atoms with Crippen molar-refractivity contribution >= 4 is 5.91 Å². The minimum atomic E-state index is 0.185. The first-order valence-electron chi connectivity index (χ1n) is 9.13. The summed E-state index contributed by atoms with van der Waals surface area (Å²) in [6.45, 7) is 8.41. The van der Waals surface area contributed by atoms with E-state index in [1.165, 1.54) is 0 Å². The molecule has 0 aliphatic carbocycles. The highest BCUT2D eigenvalue weighted by atomic mass is 16.5. The van der Waals surface area contributed by atoms with Gasteiger partial charge < -0.3 is 14.0 Å². The quantitative estimate of drug-likeness (QED) is 0.804. The van der Waals surface area contributed by atoms with E-state index < -0.39 is 0 Å². The lowest BCUT2D eigenvalue weighted by atomic mass is 9.97. The van der Waals surface area contributed by atoms with Gasteiger partial charge in [-0.05, 0) is 26.2 Å². The van der Waals surface area contributed by atoms with E-state index in [9.17, 15) is 4.79 Å². The molecule has 0 saturated carbocycles. The predicted molar refractivity (Wildman–Crippen MR) is 93.1 cm³/mol. The Bertz CT molecular complexity index is 706. The lowest BCUT2D eigenvalue weighted by Crippen LogP contribution is -2.39. The molecule has 0 spiro atoms. The van der Waals surface area contributed by atoms with Crippen LogP contribution in [0.5, 0.6) is 0 Å². The molecule has 0 radical (unpaired) electrons. The van der Waals surface area contributed by atoms with Gasteiger partial charge in [-0.3, -0.25) is 4.79 Å². The zero-order valence-electron chi connectivity index (χ0n) is 15.3. The van der Waals surface area contributed by atoms with E-state index in [1.54, 1.807) is 6.20 Å². The number of carbonyl (C=O) groups excluding carboxylic acids is 1. The minimum Gasteiger partial charge on any atom is -0.342 e. The van der Waals surface area contributed by atoms with Crippen molar-refractivity contribution in [1.82, 2.24) is 24.6 Å². The molecule has 0 unspecified atom stereocenters. The van der Waals surface area contributed by atoms with Gasteiger partial charge in [0.2, 0.25) is 11.8 Å². The maximum Gasteiger partial charge on any atom is 0.229 e. The van der Waals surface area contributed by atoms with Crippen LogP contribution in [0.2, 0.25) is 0 Å². The van der Waals surface area contributed by atoms with Gasteiger partial charge >= 0.3 is 0 Å². The average Bonchev–Trinajstić information content (AvgIpc) is 3.25. The monoisotopic (exact) mass is 345 g/mol. The van der Waals surface area contributed by atoms with Gasteiger partial charge in [-0.25, -0.2) is 4.98 Å². The van der Waals surface area contributed by atoms with Gasteiger partial charge in [-0.15, -0.1) is 0 Å². The molecule has 1 fully saturated rings. The van der Waals surface area contributed by atoms with Crippen molar-refractivity contribution in [2.75, 3.05) is 13.1 Å². The molecule has 1 amide bonds. The summed E-state index contributed by atoms with van der Waals surface area (Å²) in [5, 5.41) is 4.13. The van der Waals surface area contributed by atoms with E-state index in [0.29, 0.717) is 18.9 Å². The molecule has 2 aromatic rings. The SMILES string of the molecule is Cc1nccn1CCCC(=O)N1CCC[C@@H](c2noc(C(C)C)n2)C1. The number of carbonyl (C=O) groups is 1. The van der Waals surface area contributed by atoms with E-state index in [2.05, 4.69) is 19.7 Å². The summed E-state index contributed by atoms with van der Waals surface area (Å²) >= 11 is 0. The topological polar surface area (TPSA) is 77.0 Å². The van der Waals surface area contributed by atoms with Crippen molar-refractivity contribution in [3.8, 4) is 0 Å². The van der Waals surface area contributed by atoms with Crippen LogP contribution in [0.3, 0.4) is 0 Å². The number of rotatable bonds is 6. The molecule has 0 N–H and O–H groups in total. The largest absolute Gasteiger partial charge is 0.342 e. The zero-order valence-corrected chi connectivity index (χ0v) is 15.3. The van der Waals surface area contributed by atoms with Crippen LogP contribution in [0.1, 0.15) is 68.9 Å². The second-order valence-corrected chi connectivity index (χ2v) is 7.10. The Morgan fingerprint density at radius 3 is 2.96 bits per heavy atom. The normalized spacial score (nSPS) is 18.1. The third kappa shape index (κ3) is 4.27. The Morgan fingerprint density at radius 2 is 2.28 bits per heavy atom. The van der Waals surface area contributed by atoms with E-state index in [0.717, 1.165) is 44.0 Å². The summed E-state index contributed by atoms with van der Waals surface area (Å²) in [5.41, 5.74) is 0. The summed E-state index contributed by atoms with van der Waals surface area (Å²) in [6.07, 6.45) is 7.14. The fraction of sp³-hybridized carbons (Fsp3) is 0.667. The van der Waals surface area contributed by atoms with E-state index in [1.807, 2.05) is 31.9 Å². The molecule has 0 bridgehead atoms. The van der Waals surface area contributed by atoms with Crippen molar-refractivity contribution in [2.45, 2.75) is 64.8 Å². The molecule has 1 saturated heterocycles. The number of aromatic nitrogens is 4. The lowest BCUT2D eigenvalue weighted by molar-refractivity contribution is -0.132. The van der Waals surface area contributed by atoms with Crippen molar-refractivity contribution in [3.63, 3.8) is 0 Å². The number of amides is 1. The van der Waals surface area contributed by atoms with Gasteiger partial charge in [0.15, 0.2) is 5.82 Å². The number of imidazole rings is 1. The molecular weight excluding hydrogens is 318 g/mol. The predicted octanol–water partition coefficient (Wildman–Crippen LogP) is 2.88. The molecule has 7 heteroatoms. The van der Waals surface area contributed by atoms with Crippen molar-refractivity contribution in [1.29, 1.82) is 0 Å². The second-order valence-electron chi connectivity index (χ2n) is 7.10. The van der Waals surface area contributed by atoms with Gasteiger partial charge in [0.25, 0.3) is 0 Å². The highest BCUT2D eigenvalue weighted by Crippen LogP contribution is 2.26. The highest BCUT2D eigenvalue weighted by molar-refractivity contribution is 5.76. The van der Waals surface area contributed by atoms with Gasteiger partial charge in [-0.1, -0.05) is 19.0 Å². The molecular formula is C18H27N5O2. The van der Waals surface area contributed by atoms with Gasteiger partial charge in [0.1, 0.15) is 5.82 Å². The second kappa shape index (κ2) is 7.80. The van der Waals surface area contributed by atoms with Crippen LogP contribution in [-0.2, 0) is 11.3 Å². The molecule has 3 heterocycles. The van der Waals surface area contributed by atoms with Crippen LogP contribution in [0, 0.1) is 6.92 Å². The molecule has 7 nitrogen and oxygen atoms in total. The first-order chi connectivity index (χ1) is 12.0. The summed E-state index contributed by atoms with van der Waals surface area (Å²) in [6, 6.07) is 0. The van der Waals surface area contributed by atoms with Gasteiger partial charge in [0.05, 0.1) is 0 Å². The number of hydrogen-bond acceptors (Lipinski definition) is 5. The Labute approximate surface area is 148 Å². The Hall–Kier alpha value is -2.18. The van der Waals surface area contributed by atoms with Gasteiger partial charge in [0, 0.05) is 50.3 Å². The van der Waals surface area contributed by atoms with Crippen molar-refractivity contribution in [2.24, 2.45) is 0 Å². The summed E-state index contributed by atoms with van der Waals surface area (Å²) in [4.78, 5) is 23.2. The number of piperidine rings is 1. The summed E-state index contributed by atoms with van der Waals surface area (Å²) in [5.74, 6) is 3.04. The number of aryl methyl sites for hydroxylation is 2. The molecule has 1 aliphatic rings. The van der Waals surface area contributed by atoms with E-state index >= 15 is 0 Å².